The lowest BCUT2D eigenvalue weighted by atomic mass is 10.4. The van der Waals surface area contributed by atoms with Crippen molar-refractivity contribution in [1.82, 2.24) is 20.5 Å². The molecule has 1 rings (SSSR count). The largest absolute Gasteiger partial charge is 0.392 e. The summed E-state index contributed by atoms with van der Waals surface area (Å²) in [5.74, 6) is -1.62. The first-order valence-electron chi connectivity index (χ1n) is 4.22. The molecule has 8 nitrogen and oxygen atoms in total. The number of hydrogen-bond donors (Lipinski definition) is 4. The van der Waals surface area contributed by atoms with Crippen LogP contribution >= 0.6 is 0 Å². The van der Waals surface area contributed by atoms with Gasteiger partial charge in [0.2, 0.25) is 5.95 Å². The van der Waals surface area contributed by atoms with Crippen LogP contribution in [0.4, 0.5) is 5.95 Å². The minimum atomic E-state index is -0.868. The molecule has 4 N–H and O–H groups in total. The number of aromatic nitrogens is 3. The van der Waals surface area contributed by atoms with E-state index in [1.54, 1.807) is 0 Å². The molecule has 0 aliphatic heterocycles. The molecule has 8 heteroatoms. The molecule has 82 valence electrons. The molecule has 0 saturated carbocycles. The number of aromatic amines is 1. The van der Waals surface area contributed by atoms with Crippen LogP contribution in [0.3, 0.4) is 0 Å². The van der Waals surface area contributed by atoms with E-state index >= 15 is 0 Å². The lowest BCUT2D eigenvalue weighted by molar-refractivity contribution is -0.136. The van der Waals surface area contributed by atoms with Crippen molar-refractivity contribution in [2.75, 3.05) is 11.9 Å². The minimum Gasteiger partial charge on any atom is -0.392 e. The quantitative estimate of drug-likeness (QED) is 0.443. The molecule has 0 spiro atoms. The SMILES string of the molecule is CC(O)CNC(=O)C(=O)Nc1ncn[nH]1. The number of aliphatic hydroxyl groups is 1. The maximum atomic E-state index is 11.1. The van der Waals surface area contributed by atoms with Gasteiger partial charge in [-0.25, -0.2) is 5.10 Å². The van der Waals surface area contributed by atoms with Crippen LogP contribution in [-0.4, -0.2) is 44.8 Å². The minimum absolute atomic E-state index is 0.0165. The van der Waals surface area contributed by atoms with Gasteiger partial charge < -0.3 is 10.4 Å². The molecule has 0 saturated heterocycles. The molecule has 0 radical (unpaired) electrons. The summed E-state index contributed by atoms with van der Waals surface area (Å²) >= 11 is 0. The topological polar surface area (TPSA) is 120 Å². The van der Waals surface area contributed by atoms with Crippen LogP contribution in [0.1, 0.15) is 6.92 Å². The first kappa shape index (κ1) is 11.1. The number of anilines is 1. The molecular weight excluding hydrogens is 202 g/mol. The zero-order valence-corrected chi connectivity index (χ0v) is 8.02. The van der Waals surface area contributed by atoms with Crippen molar-refractivity contribution in [2.24, 2.45) is 0 Å². The molecule has 1 aromatic heterocycles. The van der Waals surface area contributed by atoms with Crippen molar-refractivity contribution in [3.05, 3.63) is 6.33 Å². The summed E-state index contributed by atoms with van der Waals surface area (Å²) in [6, 6.07) is 0. The Morgan fingerprint density at radius 2 is 2.33 bits per heavy atom. The van der Waals surface area contributed by atoms with Gasteiger partial charge in [-0.05, 0) is 6.92 Å². The number of carbonyl (C=O) groups is 2. The molecule has 0 fully saturated rings. The number of hydrogen-bond acceptors (Lipinski definition) is 5. The predicted octanol–water partition coefficient (Wildman–Crippen LogP) is -1.76. The average molecular weight is 213 g/mol. The predicted molar refractivity (Wildman–Crippen MR) is 49.7 cm³/mol. The highest BCUT2D eigenvalue weighted by atomic mass is 16.3. The van der Waals surface area contributed by atoms with Crippen molar-refractivity contribution in [3.63, 3.8) is 0 Å². The van der Waals surface area contributed by atoms with E-state index in [-0.39, 0.29) is 12.5 Å². The van der Waals surface area contributed by atoms with Crippen LogP contribution in [0.5, 0.6) is 0 Å². The lowest BCUT2D eigenvalue weighted by Gasteiger charge is -2.05. The summed E-state index contributed by atoms with van der Waals surface area (Å²) in [6.45, 7) is 1.51. The van der Waals surface area contributed by atoms with Crippen LogP contribution in [0.15, 0.2) is 6.33 Å². The standard InChI is InChI=1S/C7H11N5O3/c1-4(13)2-8-5(14)6(15)11-7-9-3-10-12-7/h3-4,13H,2H2,1H3,(H,8,14)(H2,9,10,11,12,15). The fourth-order valence-corrected chi connectivity index (χ4v) is 0.751. The first-order chi connectivity index (χ1) is 7.09. The number of nitrogens with one attached hydrogen (secondary N) is 3. The highest BCUT2D eigenvalue weighted by Gasteiger charge is 2.14. The van der Waals surface area contributed by atoms with Crippen LogP contribution in [0.2, 0.25) is 0 Å². The van der Waals surface area contributed by atoms with E-state index in [4.69, 9.17) is 5.11 Å². The van der Waals surface area contributed by atoms with Gasteiger partial charge in [0.1, 0.15) is 6.33 Å². The van der Waals surface area contributed by atoms with Gasteiger partial charge in [0.15, 0.2) is 0 Å². The van der Waals surface area contributed by atoms with Crippen molar-refractivity contribution >= 4 is 17.8 Å². The monoisotopic (exact) mass is 213 g/mol. The lowest BCUT2D eigenvalue weighted by Crippen LogP contribution is -2.39. The summed E-state index contributed by atoms with van der Waals surface area (Å²) in [7, 11) is 0. The van der Waals surface area contributed by atoms with Gasteiger partial charge in [-0.2, -0.15) is 10.1 Å². The maximum absolute atomic E-state index is 11.1. The van der Waals surface area contributed by atoms with Gasteiger partial charge in [-0.3, -0.25) is 14.9 Å². The van der Waals surface area contributed by atoms with E-state index in [9.17, 15) is 9.59 Å². The Labute approximate surface area is 85.1 Å². The molecule has 0 aromatic carbocycles. The molecule has 1 atom stereocenters. The number of rotatable bonds is 3. The number of H-pyrrole nitrogens is 1. The molecule has 1 unspecified atom stereocenters. The number of aliphatic hydroxyl groups excluding tert-OH is 1. The highest BCUT2D eigenvalue weighted by Crippen LogP contribution is 1.91. The van der Waals surface area contributed by atoms with E-state index in [0.29, 0.717) is 0 Å². The third-order valence-corrected chi connectivity index (χ3v) is 1.41. The number of amides is 2. The number of nitrogens with zero attached hydrogens (tertiary/aromatic N) is 2. The van der Waals surface area contributed by atoms with Gasteiger partial charge >= 0.3 is 11.8 Å². The van der Waals surface area contributed by atoms with Gasteiger partial charge in [-0.15, -0.1) is 0 Å². The van der Waals surface area contributed by atoms with E-state index in [2.05, 4.69) is 25.8 Å². The molecule has 0 aliphatic rings. The van der Waals surface area contributed by atoms with Crippen molar-refractivity contribution < 1.29 is 14.7 Å². The zero-order chi connectivity index (χ0) is 11.3. The molecule has 15 heavy (non-hydrogen) atoms. The smallest absolute Gasteiger partial charge is 0.316 e. The number of carbonyl (C=O) groups excluding carboxylic acids is 2. The molecular formula is C7H11N5O3. The molecule has 1 heterocycles. The van der Waals surface area contributed by atoms with Crippen LogP contribution in [0.25, 0.3) is 0 Å². The van der Waals surface area contributed by atoms with Crippen molar-refractivity contribution in [2.45, 2.75) is 13.0 Å². The van der Waals surface area contributed by atoms with Crippen LogP contribution in [-0.2, 0) is 9.59 Å². The van der Waals surface area contributed by atoms with Gasteiger partial charge in [0.05, 0.1) is 6.10 Å². The summed E-state index contributed by atoms with van der Waals surface area (Å²) in [4.78, 5) is 25.8. The van der Waals surface area contributed by atoms with Gasteiger partial charge in [-0.1, -0.05) is 0 Å². The molecule has 0 bridgehead atoms. The Morgan fingerprint density at radius 1 is 1.60 bits per heavy atom. The fourth-order valence-electron chi connectivity index (χ4n) is 0.751. The summed E-state index contributed by atoms with van der Waals surface area (Å²) in [5.41, 5.74) is 0. The van der Waals surface area contributed by atoms with Crippen LogP contribution in [0, 0.1) is 0 Å². The Hall–Kier alpha value is -1.96. The Kier molecular flexibility index (Phi) is 3.75. The molecule has 0 aliphatic carbocycles. The average Bonchev–Trinajstić information content (AvgIpc) is 2.66. The second-order valence-corrected chi connectivity index (χ2v) is 2.85. The zero-order valence-electron chi connectivity index (χ0n) is 8.02. The molecule has 2 amide bonds. The van der Waals surface area contributed by atoms with Crippen molar-refractivity contribution in [3.8, 4) is 0 Å². The van der Waals surface area contributed by atoms with Gasteiger partial charge in [0, 0.05) is 6.54 Å². The van der Waals surface area contributed by atoms with E-state index < -0.39 is 17.9 Å². The van der Waals surface area contributed by atoms with Crippen molar-refractivity contribution in [1.29, 1.82) is 0 Å². The summed E-state index contributed by atoms with van der Waals surface area (Å²) in [5, 5.41) is 19.1. The maximum Gasteiger partial charge on any atom is 0.316 e. The normalized spacial score (nSPS) is 11.9. The molecule has 1 aromatic rings. The third-order valence-electron chi connectivity index (χ3n) is 1.41. The second-order valence-electron chi connectivity index (χ2n) is 2.85. The third kappa shape index (κ3) is 3.73. The van der Waals surface area contributed by atoms with E-state index in [0.717, 1.165) is 0 Å². The summed E-state index contributed by atoms with van der Waals surface area (Å²) in [6.07, 6.45) is 0.496. The first-order valence-corrected chi connectivity index (χ1v) is 4.22. The van der Waals surface area contributed by atoms with Gasteiger partial charge in [0.25, 0.3) is 0 Å². The van der Waals surface area contributed by atoms with Crippen LogP contribution < -0.4 is 10.6 Å². The Bertz CT molecular complexity index is 334. The Balaban J connectivity index is 2.37. The Morgan fingerprint density at radius 3 is 2.87 bits per heavy atom. The summed E-state index contributed by atoms with van der Waals surface area (Å²) < 4.78 is 0. The highest BCUT2D eigenvalue weighted by molar-refractivity contribution is 6.39. The second kappa shape index (κ2) is 5.05. The fraction of sp³-hybridized carbons (Fsp3) is 0.429. The van der Waals surface area contributed by atoms with E-state index in [1.807, 2.05) is 0 Å². The van der Waals surface area contributed by atoms with E-state index in [1.165, 1.54) is 13.3 Å².